The van der Waals surface area contributed by atoms with E-state index < -0.39 is 0 Å². The van der Waals surface area contributed by atoms with Gasteiger partial charge in [-0.3, -0.25) is 14.5 Å². The second-order valence-corrected chi connectivity index (χ2v) is 6.22. The molecule has 0 saturated carbocycles. The zero-order valence-electron chi connectivity index (χ0n) is 13.4. The van der Waals surface area contributed by atoms with E-state index >= 15 is 0 Å². The summed E-state index contributed by atoms with van der Waals surface area (Å²) in [4.78, 5) is 26.8. The van der Waals surface area contributed by atoms with Crippen molar-refractivity contribution in [3.63, 3.8) is 0 Å². The molecule has 0 saturated heterocycles. The van der Waals surface area contributed by atoms with Crippen LogP contribution >= 0.6 is 0 Å². The monoisotopic (exact) mass is 311 g/mol. The van der Waals surface area contributed by atoms with E-state index in [1.165, 1.54) is 4.90 Å². The van der Waals surface area contributed by atoms with Gasteiger partial charge in [-0.2, -0.15) is 0 Å². The van der Waals surface area contributed by atoms with E-state index in [2.05, 4.69) is 5.32 Å². The van der Waals surface area contributed by atoms with Gasteiger partial charge in [-0.05, 0) is 24.1 Å². The normalized spacial score (nSPS) is 14.0. The van der Waals surface area contributed by atoms with Gasteiger partial charge in [0.05, 0.1) is 0 Å². The number of hydrogen-bond donors (Lipinski definition) is 2. The predicted octanol–water partition coefficient (Wildman–Crippen LogP) is 2.46. The van der Waals surface area contributed by atoms with Crippen LogP contribution in [-0.4, -0.2) is 36.3 Å². The predicted molar refractivity (Wildman–Crippen MR) is 91.7 cm³/mol. The summed E-state index contributed by atoms with van der Waals surface area (Å²) in [5, 5.41) is 4.88. The molecule has 1 heterocycles. The Morgan fingerprint density at radius 1 is 1.09 bits per heavy atom. The number of nitrogens with two attached hydrogens (primary N) is 1. The topological polar surface area (TPSA) is 75.4 Å². The number of imide groups is 1. The van der Waals surface area contributed by atoms with Gasteiger partial charge in [0.2, 0.25) is 0 Å². The summed E-state index contributed by atoms with van der Waals surface area (Å²) in [6, 6.07) is 9.27. The summed E-state index contributed by atoms with van der Waals surface area (Å²) in [6.07, 6.45) is 0. The average molecular weight is 311 g/mol. The molecule has 3 N–H and O–H groups in total. The average Bonchev–Trinajstić information content (AvgIpc) is 2.54. The maximum Gasteiger partial charge on any atom is 0.261 e. The first-order chi connectivity index (χ1) is 11.0. The molecule has 5 nitrogen and oxygen atoms in total. The zero-order valence-corrected chi connectivity index (χ0v) is 13.4. The van der Waals surface area contributed by atoms with E-state index in [1.54, 1.807) is 12.1 Å². The lowest BCUT2D eigenvalue weighted by atomic mass is 9.92. The molecule has 1 aliphatic rings. The van der Waals surface area contributed by atoms with E-state index in [9.17, 15) is 9.59 Å². The van der Waals surface area contributed by atoms with Gasteiger partial charge in [0.25, 0.3) is 11.8 Å². The SMILES string of the molecule is CC(C)CN1C(=O)c2cccc3c(NCCN)ccc(c23)C1=O. The maximum absolute atomic E-state index is 12.7. The molecule has 0 aromatic heterocycles. The standard InChI is InChI=1S/C18H21N3O2/c1-11(2)10-21-17(22)13-5-3-4-12-15(20-9-8-19)7-6-14(16(12)13)18(21)23/h3-7,11,20H,8-10,19H2,1-2H3. The quantitative estimate of drug-likeness (QED) is 0.832. The van der Waals surface area contributed by atoms with Crippen molar-refractivity contribution in [1.82, 2.24) is 4.90 Å². The van der Waals surface area contributed by atoms with Crippen LogP contribution in [0.5, 0.6) is 0 Å². The Morgan fingerprint density at radius 3 is 2.43 bits per heavy atom. The van der Waals surface area contributed by atoms with Crippen LogP contribution in [0.2, 0.25) is 0 Å². The highest BCUT2D eigenvalue weighted by molar-refractivity contribution is 6.26. The molecule has 23 heavy (non-hydrogen) atoms. The Labute approximate surface area is 135 Å². The first-order valence-electron chi connectivity index (χ1n) is 7.90. The number of carbonyl (C=O) groups excluding carboxylic acids is 2. The molecule has 0 fully saturated rings. The fourth-order valence-electron chi connectivity index (χ4n) is 3.04. The van der Waals surface area contributed by atoms with Crippen molar-refractivity contribution in [3.8, 4) is 0 Å². The molecular weight excluding hydrogens is 290 g/mol. The summed E-state index contributed by atoms with van der Waals surface area (Å²) in [5.41, 5.74) is 7.63. The molecule has 3 rings (SSSR count). The van der Waals surface area contributed by atoms with Crippen molar-refractivity contribution in [3.05, 3.63) is 41.5 Å². The Bertz CT molecular complexity index is 761. The van der Waals surface area contributed by atoms with Gasteiger partial charge in [-0.15, -0.1) is 0 Å². The number of anilines is 1. The number of nitrogens with one attached hydrogen (secondary N) is 1. The van der Waals surface area contributed by atoms with Crippen molar-refractivity contribution in [2.75, 3.05) is 25.0 Å². The maximum atomic E-state index is 12.7. The highest BCUT2D eigenvalue weighted by atomic mass is 16.2. The lowest BCUT2D eigenvalue weighted by Gasteiger charge is -2.29. The molecule has 1 aliphatic heterocycles. The first kappa shape index (κ1) is 15.5. The highest BCUT2D eigenvalue weighted by Gasteiger charge is 2.33. The molecule has 5 heteroatoms. The van der Waals surface area contributed by atoms with Gasteiger partial charge in [0.1, 0.15) is 0 Å². The van der Waals surface area contributed by atoms with Gasteiger partial charge in [-0.25, -0.2) is 0 Å². The van der Waals surface area contributed by atoms with E-state index in [-0.39, 0.29) is 17.7 Å². The van der Waals surface area contributed by atoms with E-state index in [0.29, 0.717) is 30.8 Å². The Kier molecular flexibility index (Phi) is 4.05. The second-order valence-electron chi connectivity index (χ2n) is 6.22. The van der Waals surface area contributed by atoms with Crippen LogP contribution in [0, 0.1) is 5.92 Å². The second kappa shape index (κ2) is 6.01. The summed E-state index contributed by atoms with van der Waals surface area (Å²) >= 11 is 0. The molecule has 0 aliphatic carbocycles. The minimum atomic E-state index is -0.210. The summed E-state index contributed by atoms with van der Waals surface area (Å²) in [7, 11) is 0. The molecule has 0 atom stereocenters. The molecule has 120 valence electrons. The van der Waals surface area contributed by atoms with Gasteiger partial charge in [-0.1, -0.05) is 26.0 Å². The summed E-state index contributed by atoms with van der Waals surface area (Å²) < 4.78 is 0. The van der Waals surface area contributed by atoms with Gasteiger partial charge < -0.3 is 11.1 Å². The molecule has 2 amide bonds. The third-order valence-corrected chi connectivity index (χ3v) is 4.00. The minimum absolute atomic E-state index is 0.210. The third-order valence-electron chi connectivity index (χ3n) is 4.00. The van der Waals surface area contributed by atoms with Crippen molar-refractivity contribution in [2.24, 2.45) is 11.7 Å². The smallest absolute Gasteiger partial charge is 0.261 e. The first-order valence-corrected chi connectivity index (χ1v) is 7.90. The van der Waals surface area contributed by atoms with E-state index in [1.807, 2.05) is 32.0 Å². The van der Waals surface area contributed by atoms with Crippen LogP contribution in [0.25, 0.3) is 10.8 Å². The van der Waals surface area contributed by atoms with Crippen molar-refractivity contribution >= 4 is 28.3 Å². The van der Waals surface area contributed by atoms with Crippen molar-refractivity contribution in [1.29, 1.82) is 0 Å². The van der Waals surface area contributed by atoms with Crippen LogP contribution in [0.15, 0.2) is 30.3 Å². The van der Waals surface area contributed by atoms with Crippen molar-refractivity contribution in [2.45, 2.75) is 13.8 Å². The van der Waals surface area contributed by atoms with E-state index in [0.717, 1.165) is 16.5 Å². The molecule has 2 aromatic carbocycles. The largest absolute Gasteiger partial charge is 0.383 e. The van der Waals surface area contributed by atoms with Crippen LogP contribution in [0.3, 0.4) is 0 Å². The summed E-state index contributed by atoms with van der Waals surface area (Å²) in [6.45, 7) is 5.58. The number of hydrogen-bond acceptors (Lipinski definition) is 4. The Balaban J connectivity index is 2.17. The molecule has 2 aromatic rings. The molecule has 0 spiro atoms. The fourth-order valence-corrected chi connectivity index (χ4v) is 3.04. The molecule has 0 bridgehead atoms. The highest BCUT2D eigenvalue weighted by Crippen LogP contribution is 2.34. The molecule has 0 unspecified atom stereocenters. The lowest BCUT2D eigenvalue weighted by Crippen LogP contribution is -2.42. The summed E-state index contributed by atoms with van der Waals surface area (Å²) in [5.74, 6) is -0.190. The lowest BCUT2D eigenvalue weighted by molar-refractivity contribution is 0.0592. The van der Waals surface area contributed by atoms with Gasteiger partial charge >= 0.3 is 0 Å². The van der Waals surface area contributed by atoms with Gasteiger partial charge in [0, 0.05) is 47.2 Å². The third kappa shape index (κ3) is 2.57. The fraction of sp³-hybridized carbons (Fsp3) is 0.333. The van der Waals surface area contributed by atoms with Crippen LogP contribution in [0.4, 0.5) is 5.69 Å². The van der Waals surface area contributed by atoms with E-state index in [4.69, 9.17) is 5.73 Å². The number of rotatable bonds is 5. The van der Waals surface area contributed by atoms with Crippen LogP contribution < -0.4 is 11.1 Å². The molecule has 0 radical (unpaired) electrons. The Morgan fingerprint density at radius 2 is 1.78 bits per heavy atom. The number of amides is 2. The number of nitrogens with zero attached hydrogens (tertiary/aromatic N) is 1. The van der Waals surface area contributed by atoms with Gasteiger partial charge in [0.15, 0.2) is 0 Å². The number of carbonyl (C=O) groups is 2. The van der Waals surface area contributed by atoms with Crippen LogP contribution in [0.1, 0.15) is 34.6 Å². The van der Waals surface area contributed by atoms with Crippen LogP contribution in [-0.2, 0) is 0 Å². The molecular formula is C18H21N3O2. The zero-order chi connectivity index (χ0) is 16.6. The number of benzene rings is 2. The van der Waals surface area contributed by atoms with Crippen molar-refractivity contribution < 1.29 is 9.59 Å². The minimum Gasteiger partial charge on any atom is -0.383 e. The Hall–Kier alpha value is -2.40.